The van der Waals surface area contributed by atoms with Crippen LogP contribution in [0.3, 0.4) is 0 Å². The zero-order valence-corrected chi connectivity index (χ0v) is 14.1. The summed E-state index contributed by atoms with van der Waals surface area (Å²) in [5.74, 6) is -1.60. The van der Waals surface area contributed by atoms with Gasteiger partial charge in [0.1, 0.15) is 6.04 Å². The van der Waals surface area contributed by atoms with E-state index in [1.54, 1.807) is 18.2 Å². The van der Waals surface area contributed by atoms with Gasteiger partial charge in [-0.3, -0.25) is 4.79 Å². The van der Waals surface area contributed by atoms with Crippen LogP contribution in [-0.4, -0.2) is 23.0 Å². The van der Waals surface area contributed by atoms with Crippen molar-refractivity contribution in [1.82, 2.24) is 5.32 Å². The Morgan fingerprint density at radius 3 is 2.29 bits per heavy atom. The number of hydrogen-bond donors (Lipinski definition) is 2. The van der Waals surface area contributed by atoms with E-state index in [9.17, 15) is 14.7 Å². The van der Waals surface area contributed by atoms with Gasteiger partial charge in [0.2, 0.25) is 5.91 Å². The summed E-state index contributed by atoms with van der Waals surface area (Å²) in [5.41, 5.74) is 1.48. The Morgan fingerprint density at radius 1 is 1.08 bits per heavy atom. The van der Waals surface area contributed by atoms with E-state index >= 15 is 0 Å². The lowest BCUT2D eigenvalue weighted by Gasteiger charge is -2.13. The summed E-state index contributed by atoms with van der Waals surface area (Å²) >= 11 is 11.8. The first kappa shape index (κ1) is 18.0. The van der Waals surface area contributed by atoms with Gasteiger partial charge in [-0.2, -0.15) is 0 Å². The van der Waals surface area contributed by atoms with Crippen LogP contribution in [0.4, 0.5) is 0 Å². The summed E-state index contributed by atoms with van der Waals surface area (Å²) in [6, 6.07) is 13.0. The van der Waals surface area contributed by atoms with Crippen molar-refractivity contribution >= 4 is 41.2 Å². The highest BCUT2D eigenvalue weighted by Crippen LogP contribution is 2.19. The molecule has 0 heterocycles. The molecular weight excluding hydrogens is 349 g/mol. The van der Waals surface area contributed by atoms with E-state index in [1.165, 1.54) is 12.2 Å². The van der Waals surface area contributed by atoms with Crippen molar-refractivity contribution in [2.24, 2.45) is 0 Å². The van der Waals surface area contributed by atoms with Crippen LogP contribution in [0, 0.1) is 0 Å². The van der Waals surface area contributed by atoms with Gasteiger partial charge in [0.15, 0.2) is 0 Å². The van der Waals surface area contributed by atoms with E-state index in [0.717, 1.165) is 5.56 Å². The van der Waals surface area contributed by atoms with Crippen molar-refractivity contribution in [2.45, 2.75) is 12.5 Å². The number of rotatable bonds is 6. The van der Waals surface area contributed by atoms with E-state index in [1.807, 2.05) is 30.3 Å². The van der Waals surface area contributed by atoms with Gasteiger partial charge in [0.05, 0.1) is 0 Å². The minimum Gasteiger partial charge on any atom is -0.480 e. The normalized spacial score (nSPS) is 12.1. The van der Waals surface area contributed by atoms with Gasteiger partial charge in [0.25, 0.3) is 0 Å². The van der Waals surface area contributed by atoms with Gasteiger partial charge in [0, 0.05) is 22.5 Å². The van der Waals surface area contributed by atoms with Crippen LogP contribution < -0.4 is 5.32 Å². The Morgan fingerprint density at radius 2 is 1.71 bits per heavy atom. The molecule has 0 spiro atoms. The average molecular weight is 364 g/mol. The molecule has 0 aliphatic heterocycles. The van der Waals surface area contributed by atoms with Crippen molar-refractivity contribution in [3.63, 3.8) is 0 Å². The third-order valence-corrected chi connectivity index (χ3v) is 3.65. The standard InChI is InChI=1S/C18H15Cl2NO3/c19-14-8-13(9-15(20)11-14)6-7-17(22)21-16(18(23)24)10-12-4-2-1-3-5-12/h1-9,11,16H,10H2,(H,21,22)(H,23,24)/b7-6+. The van der Waals surface area contributed by atoms with E-state index in [2.05, 4.69) is 5.32 Å². The maximum absolute atomic E-state index is 12.0. The zero-order chi connectivity index (χ0) is 17.5. The lowest BCUT2D eigenvalue weighted by atomic mass is 10.1. The highest BCUT2D eigenvalue weighted by atomic mass is 35.5. The van der Waals surface area contributed by atoms with E-state index < -0.39 is 17.9 Å². The second-order valence-electron chi connectivity index (χ2n) is 5.13. The number of carboxylic acids is 1. The Balaban J connectivity index is 2.02. The van der Waals surface area contributed by atoms with Crippen molar-refractivity contribution < 1.29 is 14.7 Å². The lowest BCUT2D eigenvalue weighted by Crippen LogP contribution is -2.41. The number of aliphatic carboxylic acids is 1. The molecule has 0 saturated heterocycles. The minimum atomic E-state index is -1.09. The smallest absolute Gasteiger partial charge is 0.326 e. The SMILES string of the molecule is O=C(/C=C/c1cc(Cl)cc(Cl)c1)NC(Cc1ccccc1)C(=O)O. The summed E-state index contributed by atoms with van der Waals surface area (Å²) in [7, 11) is 0. The summed E-state index contributed by atoms with van der Waals surface area (Å²) in [5, 5.41) is 12.6. The predicted octanol–water partition coefficient (Wildman–Crippen LogP) is 3.82. The second kappa shape index (κ2) is 8.52. The van der Waals surface area contributed by atoms with Crippen molar-refractivity contribution in [2.75, 3.05) is 0 Å². The quantitative estimate of drug-likeness (QED) is 0.766. The topological polar surface area (TPSA) is 66.4 Å². The number of nitrogens with one attached hydrogen (secondary N) is 1. The highest BCUT2D eigenvalue weighted by molar-refractivity contribution is 6.34. The average Bonchev–Trinajstić information content (AvgIpc) is 2.52. The van der Waals surface area contributed by atoms with Gasteiger partial charge in [-0.1, -0.05) is 53.5 Å². The molecule has 2 aromatic rings. The van der Waals surface area contributed by atoms with Gasteiger partial charge < -0.3 is 10.4 Å². The Hall–Kier alpha value is -2.30. The van der Waals surface area contributed by atoms with Gasteiger partial charge in [-0.25, -0.2) is 4.79 Å². The molecule has 0 bridgehead atoms. The van der Waals surface area contributed by atoms with E-state index in [0.29, 0.717) is 15.6 Å². The first-order valence-electron chi connectivity index (χ1n) is 7.15. The Kier molecular flexibility index (Phi) is 6.41. The first-order valence-corrected chi connectivity index (χ1v) is 7.91. The molecule has 1 unspecified atom stereocenters. The molecule has 0 radical (unpaired) electrons. The summed E-state index contributed by atoms with van der Waals surface area (Å²) < 4.78 is 0. The zero-order valence-electron chi connectivity index (χ0n) is 12.6. The molecule has 4 nitrogen and oxygen atoms in total. The van der Waals surface area contributed by atoms with Crippen molar-refractivity contribution in [3.8, 4) is 0 Å². The molecule has 1 amide bonds. The molecular formula is C18H15Cl2NO3. The number of hydrogen-bond acceptors (Lipinski definition) is 2. The Bertz CT molecular complexity index is 740. The number of carbonyl (C=O) groups excluding carboxylic acids is 1. The molecule has 2 N–H and O–H groups in total. The van der Waals surface area contributed by atoms with E-state index in [4.69, 9.17) is 23.2 Å². The molecule has 2 rings (SSSR count). The van der Waals surface area contributed by atoms with Crippen molar-refractivity contribution in [3.05, 3.63) is 75.8 Å². The molecule has 0 fully saturated rings. The van der Waals surface area contributed by atoms with Crippen LogP contribution in [0.25, 0.3) is 6.08 Å². The molecule has 124 valence electrons. The molecule has 24 heavy (non-hydrogen) atoms. The minimum absolute atomic E-state index is 0.207. The molecule has 0 saturated carbocycles. The molecule has 6 heteroatoms. The van der Waals surface area contributed by atoms with Crippen LogP contribution in [-0.2, 0) is 16.0 Å². The second-order valence-corrected chi connectivity index (χ2v) is 6.00. The number of benzene rings is 2. The van der Waals surface area contributed by atoms with Gasteiger partial charge >= 0.3 is 5.97 Å². The fraction of sp³-hybridized carbons (Fsp3) is 0.111. The van der Waals surface area contributed by atoms with E-state index in [-0.39, 0.29) is 6.42 Å². The Labute approximate surface area is 149 Å². The number of carbonyl (C=O) groups is 2. The fourth-order valence-electron chi connectivity index (χ4n) is 2.11. The number of carboxylic acid groups (broad SMARTS) is 1. The first-order chi connectivity index (χ1) is 11.4. The molecule has 0 aliphatic carbocycles. The predicted molar refractivity (Wildman–Crippen MR) is 95.2 cm³/mol. The van der Waals surface area contributed by atoms with Gasteiger partial charge in [-0.15, -0.1) is 0 Å². The number of halogens is 2. The van der Waals surface area contributed by atoms with Crippen LogP contribution in [0.15, 0.2) is 54.6 Å². The maximum Gasteiger partial charge on any atom is 0.326 e. The largest absolute Gasteiger partial charge is 0.480 e. The van der Waals surface area contributed by atoms with Crippen LogP contribution in [0.5, 0.6) is 0 Å². The number of amides is 1. The van der Waals surface area contributed by atoms with Crippen LogP contribution in [0.2, 0.25) is 10.0 Å². The molecule has 0 aromatic heterocycles. The third kappa shape index (κ3) is 5.72. The van der Waals surface area contributed by atoms with Crippen LogP contribution >= 0.6 is 23.2 Å². The molecule has 1 atom stereocenters. The summed E-state index contributed by atoms with van der Waals surface area (Å²) in [4.78, 5) is 23.3. The summed E-state index contributed by atoms with van der Waals surface area (Å²) in [6.07, 6.45) is 2.98. The van der Waals surface area contributed by atoms with Crippen molar-refractivity contribution in [1.29, 1.82) is 0 Å². The molecule has 2 aromatic carbocycles. The summed E-state index contributed by atoms with van der Waals surface area (Å²) in [6.45, 7) is 0. The van der Waals surface area contributed by atoms with Gasteiger partial charge in [-0.05, 0) is 35.4 Å². The monoisotopic (exact) mass is 363 g/mol. The van der Waals surface area contributed by atoms with Crippen LogP contribution in [0.1, 0.15) is 11.1 Å². The maximum atomic E-state index is 12.0. The highest BCUT2D eigenvalue weighted by Gasteiger charge is 2.19. The molecule has 0 aliphatic rings. The lowest BCUT2D eigenvalue weighted by molar-refractivity contribution is -0.141. The fourth-order valence-corrected chi connectivity index (χ4v) is 2.66. The third-order valence-electron chi connectivity index (χ3n) is 3.21.